The molecule has 0 spiro atoms. The van der Waals surface area contributed by atoms with Crippen molar-refractivity contribution in [2.45, 2.75) is 6.92 Å². The SMILES string of the molecule is Cc1cc(F)cc(C(=O)Nc2ncc(C#CCO)s2)c1. The Morgan fingerprint density at radius 2 is 2.30 bits per heavy atom. The van der Waals surface area contributed by atoms with Crippen molar-refractivity contribution in [2.75, 3.05) is 11.9 Å². The van der Waals surface area contributed by atoms with E-state index >= 15 is 0 Å². The van der Waals surface area contributed by atoms with Crippen LogP contribution < -0.4 is 5.32 Å². The molecule has 2 N–H and O–H groups in total. The Labute approximate surface area is 119 Å². The molecule has 0 aliphatic rings. The monoisotopic (exact) mass is 290 g/mol. The normalized spacial score (nSPS) is 9.75. The van der Waals surface area contributed by atoms with Crippen molar-refractivity contribution < 1.29 is 14.3 Å². The number of aromatic nitrogens is 1. The van der Waals surface area contributed by atoms with Crippen LogP contribution in [0.15, 0.2) is 24.4 Å². The number of benzene rings is 1. The van der Waals surface area contributed by atoms with E-state index < -0.39 is 11.7 Å². The Morgan fingerprint density at radius 3 is 3.00 bits per heavy atom. The predicted molar refractivity (Wildman–Crippen MR) is 75.2 cm³/mol. The molecule has 2 rings (SSSR count). The molecule has 0 unspecified atom stereocenters. The standard InChI is InChI=1S/C14H11FN2O2S/c1-9-5-10(7-11(15)6-9)13(19)17-14-16-8-12(20-14)3-2-4-18/h5-8,18H,4H2,1H3,(H,16,17,19). The van der Waals surface area contributed by atoms with Crippen LogP contribution in [0, 0.1) is 24.6 Å². The third-order valence-corrected chi connectivity index (χ3v) is 3.15. The van der Waals surface area contributed by atoms with Crippen LogP contribution in [0.25, 0.3) is 0 Å². The molecule has 1 aromatic carbocycles. The summed E-state index contributed by atoms with van der Waals surface area (Å²) >= 11 is 1.18. The minimum Gasteiger partial charge on any atom is -0.384 e. The number of hydrogen-bond donors (Lipinski definition) is 2. The number of hydrogen-bond acceptors (Lipinski definition) is 4. The maximum Gasteiger partial charge on any atom is 0.257 e. The average molecular weight is 290 g/mol. The topological polar surface area (TPSA) is 62.2 Å². The highest BCUT2D eigenvalue weighted by molar-refractivity contribution is 7.16. The number of amides is 1. The second-order valence-electron chi connectivity index (χ2n) is 3.96. The Morgan fingerprint density at radius 1 is 1.50 bits per heavy atom. The Balaban J connectivity index is 2.13. The lowest BCUT2D eigenvalue weighted by molar-refractivity contribution is 0.102. The molecule has 1 amide bonds. The van der Waals surface area contributed by atoms with E-state index in [2.05, 4.69) is 22.1 Å². The summed E-state index contributed by atoms with van der Waals surface area (Å²) in [6, 6.07) is 4.11. The molecule has 0 radical (unpaired) electrons. The number of thiazole rings is 1. The second-order valence-corrected chi connectivity index (χ2v) is 4.99. The maximum atomic E-state index is 13.2. The summed E-state index contributed by atoms with van der Waals surface area (Å²) < 4.78 is 13.2. The van der Waals surface area contributed by atoms with Gasteiger partial charge in [-0.3, -0.25) is 10.1 Å². The van der Waals surface area contributed by atoms with Gasteiger partial charge in [0.15, 0.2) is 5.13 Å². The van der Waals surface area contributed by atoms with E-state index in [0.29, 0.717) is 15.6 Å². The van der Waals surface area contributed by atoms with Crippen molar-refractivity contribution in [3.63, 3.8) is 0 Å². The zero-order valence-electron chi connectivity index (χ0n) is 10.6. The molecular weight excluding hydrogens is 279 g/mol. The zero-order chi connectivity index (χ0) is 14.5. The second kappa shape index (κ2) is 6.28. The zero-order valence-corrected chi connectivity index (χ0v) is 11.4. The summed E-state index contributed by atoms with van der Waals surface area (Å²) in [4.78, 5) is 16.6. The van der Waals surface area contributed by atoms with Gasteiger partial charge in [-0.15, -0.1) is 0 Å². The molecule has 1 aromatic heterocycles. The lowest BCUT2D eigenvalue weighted by Crippen LogP contribution is -2.12. The first-order chi connectivity index (χ1) is 9.58. The van der Waals surface area contributed by atoms with Gasteiger partial charge < -0.3 is 5.11 Å². The number of aryl methyl sites for hydroxylation is 1. The van der Waals surface area contributed by atoms with Gasteiger partial charge in [0.25, 0.3) is 5.91 Å². The van der Waals surface area contributed by atoms with Crippen molar-refractivity contribution in [2.24, 2.45) is 0 Å². The highest BCUT2D eigenvalue weighted by Crippen LogP contribution is 2.18. The van der Waals surface area contributed by atoms with E-state index in [1.165, 1.54) is 29.7 Å². The quantitative estimate of drug-likeness (QED) is 0.833. The first-order valence-corrected chi connectivity index (χ1v) is 6.54. The van der Waals surface area contributed by atoms with Gasteiger partial charge in [-0.2, -0.15) is 0 Å². The summed E-state index contributed by atoms with van der Waals surface area (Å²) in [5.74, 6) is 4.30. The van der Waals surface area contributed by atoms with E-state index in [9.17, 15) is 9.18 Å². The van der Waals surface area contributed by atoms with E-state index in [-0.39, 0.29) is 12.2 Å². The fourth-order valence-electron chi connectivity index (χ4n) is 1.55. The molecule has 0 atom stereocenters. The Hall–Kier alpha value is -2.23. The number of rotatable bonds is 2. The van der Waals surface area contributed by atoms with Crippen LogP contribution >= 0.6 is 11.3 Å². The molecule has 0 aliphatic carbocycles. The van der Waals surface area contributed by atoms with E-state index in [1.54, 1.807) is 13.0 Å². The van der Waals surface area contributed by atoms with Crippen molar-refractivity contribution in [1.29, 1.82) is 0 Å². The van der Waals surface area contributed by atoms with Crippen LogP contribution in [0.2, 0.25) is 0 Å². The summed E-state index contributed by atoms with van der Waals surface area (Å²) in [7, 11) is 0. The van der Waals surface area contributed by atoms with Crippen LogP contribution in [-0.2, 0) is 0 Å². The number of nitrogens with zero attached hydrogens (tertiary/aromatic N) is 1. The first kappa shape index (κ1) is 14.2. The lowest BCUT2D eigenvalue weighted by Gasteiger charge is -2.03. The molecule has 0 aliphatic heterocycles. The maximum absolute atomic E-state index is 13.2. The molecule has 2 aromatic rings. The van der Waals surface area contributed by atoms with E-state index in [4.69, 9.17) is 5.11 Å². The fraction of sp³-hybridized carbons (Fsp3) is 0.143. The van der Waals surface area contributed by atoms with Gasteiger partial charge in [-0.25, -0.2) is 9.37 Å². The van der Waals surface area contributed by atoms with Gasteiger partial charge in [-0.05, 0) is 30.7 Å². The molecule has 0 saturated carbocycles. The number of aliphatic hydroxyl groups is 1. The van der Waals surface area contributed by atoms with Gasteiger partial charge in [0, 0.05) is 5.56 Å². The van der Waals surface area contributed by atoms with Gasteiger partial charge in [0.2, 0.25) is 0 Å². The summed E-state index contributed by atoms with van der Waals surface area (Å²) in [5, 5.41) is 11.5. The highest BCUT2D eigenvalue weighted by atomic mass is 32.1. The largest absolute Gasteiger partial charge is 0.384 e. The molecule has 20 heavy (non-hydrogen) atoms. The van der Waals surface area contributed by atoms with Gasteiger partial charge in [-0.1, -0.05) is 23.2 Å². The molecule has 0 saturated heterocycles. The molecule has 102 valence electrons. The van der Waals surface area contributed by atoms with E-state index in [0.717, 1.165) is 0 Å². The van der Waals surface area contributed by atoms with Crippen molar-refractivity contribution in [3.8, 4) is 11.8 Å². The molecule has 0 bridgehead atoms. The van der Waals surface area contributed by atoms with E-state index in [1.807, 2.05) is 0 Å². The molecule has 4 nitrogen and oxygen atoms in total. The Kier molecular flexibility index (Phi) is 4.45. The minimum absolute atomic E-state index is 0.234. The van der Waals surface area contributed by atoms with Crippen LogP contribution in [0.4, 0.5) is 9.52 Å². The molecular formula is C14H11FN2O2S. The van der Waals surface area contributed by atoms with Gasteiger partial charge in [0.1, 0.15) is 12.4 Å². The number of carbonyl (C=O) groups excluding carboxylic acids is 1. The van der Waals surface area contributed by atoms with Crippen LogP contribution in [0.1, 0.15) is 20.8 Å². The minimum atomic E-state index is -0.455. The smallest absolute Gasteiger partial charge is 0.257 e. The lowest BCUT2D eigenvalue weighted by atomic mass is 10.1. The van der Waals surface area contributed by atoms with Gasteiger partial charge in [0.05, 0.1) is 11.1 Å². The van der Waals surface area contributed by atoms with Crippen LogP contribution in [0.5, 0.6) is 0 Å². The number of aliphatic hydroxyl groups excluding tert-OH is 1. The molecule has 0 fully saturated rings. The van der Waals surface area contributed by atoms with Crippen molar-refractivity contribution >= 4 is 22.4 Å². The molecule has 6 heteroatoms. The van der Waals surface area contributed by atoms with Crippen LogP contribution in [-0.4, -0.2) is 22.6 Å². The number of anilines is 1. The van der Waals surface area contributed by atoms with Crippen molar-refractivity contribution in [1.82, 2.24) is 4.98 Å². The summed E-state index contributed by atoms with van der Waals surface area (Å²) in [6.07, 6.45) is 1.50. The number of carbonyl (C=O) groups is 1. The first-order valence-electron chi connectivity index (χ1n) is 5.72. The Bertz CT molecular complexity index is 680. The summed E-state index contributed by atoms with van der Waals surface area (Å²) in [5.41, 5.74) is 0.907. The number of nitrogens with one attached hydrogen (secondary N) is 1. The molecule has 1 heterocycles. The third kappa shape index (κ3) is 3.63. The highest BCUT2D eigenvalue weighted by Gasteiger charge is 2.10. The van der Waals surface area contributed by atoms with Crippen molar-refractivity contribution in [3.05, 3.63) is 46.2 Å². The van der Waals surface area contributed by atoms with Gasteiger partial charge >= 0.3 is 0 Å². The average Bonchev–Trinajstić information content (AvgIpc) is 2.82. The summed E-state index contributed by atoms with van der Waals surface area (Å²) in [6.45, 7) is 1.48. The fourth-order valence-corrected chi connectivity index (χ4v) is 2.24. The predicted octanol–water partition coefficient (Wildman–Crippen LogP) is 2.19. The van der Waals surface area contributed by atoms with Crippen LogP contribution in [0.3, 0.4) is 0 Å². The number of halogens is 1. The third-order valence-electron chi connectivity index (χ3n) is 2.32.